The topological polar surface area (TPSA) is 0 Å². The van der Waals surface area contributed by atoms with E-state index in [0.29, 0.717) is 24.3 Å². The molecule has 2 rings (SSSR count). The minimum atomic E-state index is -4.75. The number of alkyl halides is 12. The van der Waals surface area contributed by atoms with E-state index in [1.54, 1.807) is 0 Å². The maximum absolute atomic E-state index is 12.0. The molecule has 0 unspecified atom stereocenters. The van der Waals surface area contributed by atoms with E-state index < -0.39 is 47.0 Å². The molecule has 0 radical (unpaired) electrons. The van der Waals surface area contributed by atoms with Gasteiger partial charge in [-0.25, -0.2) is 0 Å². The van der Waals surface area contributed by atoms with Crippen molar-refractivity contribution < 1.29 is 70.0 Å². The first-order chi connectivity index (χ1) is 12.4. The van der Waals surface area contributed by atoms with Gasteiger partial charge in [0, 0.05) is 17.4 Å². The number of benzene rings is 2. The van der Waals surface area contributed by atoms with E-state index >= 15 is 0 Å². The first-order valence-corrected chi connectivity index (χ1v) is 6.91. The van der Waals surface area contributed by atoms with E-state index in [9.17, 15) is 52.7 Å². The molecule has 2 aromatic carbocycles. The SMILES string of the molecule is FC(F)(F)c1cccc(C(F)(F)F)c1.FC(F)(F)c1cccc(C(F)(F)F)c1.[Cr]. The van der Waals surface area contributed by atoms with Crippen LogP contribution < -0.4 is 0 Å². The normalized spacial score (nSPS) is 12.6. The van der Waals surface area contributed by atoms with Gasteiger partial charge in [0.2, 0.25) is 0 Å². The molecular formula is C16H8CrF12. The number of hydrogen-bond acceptors (Lipinski definition) is 0. The number of rotatable bonds is 0. The number of halogens is 12. The molecule has 0 aliphatic carbocycles. The predicted molar refractivity (Wildman–Crippen MR) is 72.9 cm³/mol. The van der Waals surface area contributed by atoms with Gasteiger partial charge < -0.3 is 0 Å². The Hall–Kier alpha value is -1.87. The summed E-state index contributed by atoms with van der Waals surface area (Å²) in [6.45, 7) is 0. The molecule has 0 aliphatic heterocycles. The zero-order valence-corrected chi connectivity index (χ0v) is 14.8. The second kappa shape index (κ2) is 9.30. The first-order valence-electron chi connectivity index (χ1n) is 6.91. The molecular weight excluding hydrogens is 472 g/mol. The maximum Gasteiger partial charge on any atom is 0.416 e. The monoisotopic (exact) mass is 480 g/mol. The van der Waals surface area contributed by atoms with Crippen LogP contribution in [0.15, 0.2) is 48.5 Å². The predicted octanol–water partition coefficient (Wildman–Crippen LogP) is 7.45. The van der Waals surface area contributed by atoms with Crippen LogP contribution in [0.5, 0.6) is 0 Å². The van der Waals surface area contributed by atoms with Crippen molar-refractivity contribution in [3.8, 4) is 0 Å². The summed E-state index contributed by atoms with van der Waals surface area (Å²) in [6.07, 6.45) is -19.0. The van der Waals surface area contributed by atoms with Crippen molar-refractivity contribution in [2.45, 2.75) is 24.7 Å². The summed E-state index contributed by atoms with van der Waals surface area (Å²) in [5.74, 6) is 0. The average Bonchev–Trinajstić information content (AvgIpc) is 2.52. The second-order valence-electron chi connectivity index (χ2n) is 5.15. The third kappa shape index (κ3) is 8.57. The summed E-state index contributed by atoms with van der Waals surface area (Å²) in [6, 6.07) is 3.99. The van der Waals surface area contributed by atoms with Crippen LogP contribution in [-0.4, -0.2) is 0 Å². The van der Waals surface area contributed by atoms with E-state index in [4.69, 9.17) is 0 Å². The Morgan fingerprint density at radius 1 is 0.379 bits per heavy atom. The second-order valence-corrected chi connectivity index (χ2v) is 5.15. The summed E-state index contributed by atoms with van der Waals surface area (Å²) in [4.78, 5) is 0. The van der Waals surface area contributed by atoms with Gasteiger partial charge in [-0.05, 0) is 36.4 Å². The Morgan fingerprint density at radius 2 is 0.552 bits per heavy atom. The molecule has 0 aliphatic rings. The van der Waals surface area contributed by atoms with Gasteiger partial charge in [0.15, 0.2) is 0 Å². The molecule has 162 valence electrons. The quantitative estimate of drug-likeness (QED) is 0.344. The minimum Gasteiger partial charge on any atom is -0.166 e. The molecule has 0 heterocycles. The fourth-order valence-electron chi connectivity index (χ4n) is 1.74. The van der Waals surface area contributed by atoms with Gasteiger partial charge in [-0.2, -0.15) is 52.7 Å². The molecule has 0 nitrogen and oxygen atoms in total. The zero-order chi connectivity index (χ0) is 22.0. The van der Waals surface area contributed by atoms with Crippen molar-refractivity contribution in [2.24, 2.45) is 0 Å². The standard InChI is InChI=1S/2C8H4F6.Cr/c2*9-7(10,11)5-2-1-3-6(4-5)8(12,13)14;/h2*1-4H;. The van der Waals surface area contributed by atoms with Crippen LogP contribution in [0.1, 0.15) is 22.3 Å². The van der Waals surface area contributed by atoms with Gasteiger partial charge in [0.1, 0.15) is 0 Å². The van der Waals surface area contributed by atoms with Gasteiger partial charge >= 0.3 is 24.7 Å². The molecule has 0 aromatic heterocycles. The molecule has 0 saturated carbocycles. The largest absolute Gasteiger partial charge is 0.416 e. The Labute approximate surface area is 166 Å². The Morgan fingerprint density at radius 3 is 0.690 bits per heavy atom. The third-order valence-electron chi connectivity index (χ3n) is 3.03. The summed E-state index contributed by atoms with van der Waals surface area (Å²) < 4.78 is 144. The van der Waals surface area contributed by atoms with Gasteiger partial charge in [-0.3, -0.25) is 0 Å². The molecule has 0 spiro atoms. The van der Waals surface area contributed by atoms with Gasteiger partial charge in [-0.1, -0.05) is 12.1 Å². The first kappa shape index (κ1) is 27.1. The summed E-state index contributed by atoms with van der Waals surface area (Å²) in [7, 11) is 0. The van der Waals surface area contributed by atoms with Crippen molar-refractivity contribution in [1.29, 1.82) is 0 Å². The van der Waals surface area contributed by atoms with E-state index in [1.807, 2.05) is 0 Å². The van der Waals surface area contributed by atoms with E-state index in [-0.39, 0.29) is 29.5 Å². The molecule has 0 fully saturated rings. The maximum atomic E-state index is 12.0. The molecule has 0 bridgehead atoms. The van der Waals surface area contributed by atoms with Crippen molar-refractivity contribution in [1.82, 2.24) is 0 Å². The molecule has 2 aromatic rings. The number of hydrogen-bond donors (Lipinski definition) is 0. The summed E-state index contributed by atoms with van der Waals surface area (Å²) >= 11 is 0. The van der Waals surface area contributed by atoms with E-state index in [2.05, 4.69) is 0 Å². The van der Waals surface area contributed by atoms with Crippen molar-refractivity contribution in [3.05, 3.63) is 70.8 Å². The van der Waals surface area contributed by atoms with Gasteiger partial charge in [0.05, 0.1) is 22.3 Å². The molecule has 0 saturated heterocycles. The summed E-state index contributed by atoms with van der Waals surface area (Å²) in [5.41, 5.74) is -5.20. The fraction of sp³-hybridized carbons (Fsp3) is 0.250. The van der Waals surface area contributed by atoms with Gasteiger partial charge in [0.25, 0.3) is 0 Å². The summed E-state index contributed by atoms with van der Waals surface area (Å²) in [5, 5.41) is 0. The van der Waals surface area contributed by atoms with Crippen LogP contribution >= 0.6 is 0 Å². The third-order valence-corrected chi connectivity index (χ3v) is 3.03. The van der Waals surface area contributed by atoms with Crippen LogP contribution in [0.3, 0.4) is 0 Å². The molecule has 0 N–H and O–H groups in total. The smallest absolute Gasteiger partial charge is 0.166 e. The molecule has 0 amide bonds. The zero-order valence-electron chi connectivity index (χ0n) is 13.6. The van der Waals surface area contributed by atoms with Crippen LogP contribution in [0, 0.1) is 0 Å². The minimum absolute atomic E-state index is 0. The van der Waals surface area contributed by atoms with Gasteiger partial charge in [-0.15, -0.1) is 0 Å². The van der Waals surface area contributed by atoms with Crippen LogP contribution in [0.4, 0.5) is 52.7 Å². The Kier molecular flexibility index (Phi) is 8.70. The molecule has 13 heteroatoms. The average molecular weight is 480 g/mol. The van der Waals surface area contributed by atoms with Crippen molar-refractivity contribution in [3.63, 3.8) is 0 Å². The van der Waals surface area contributed by atoms with Crippen molar-refractivity contribution in [2.75, 3.05) is 0 Å². The van der Waals surface area contributed by atoms with E-state index in [0.717, 1.165) is 12.1 Å². The van der Waals surface area contributed by atoms with E-state index in [1.165, 1.54) is 0 Å². The van der Waals surface area contributed by atoms with Crippen molar-refractivity contribution >= 4 is 0 Å². The van der Waals surface area contributed by atoms with Crippen LogP contribution in [0.2, 0.25) is 0 Å². The Bertz CT molecular complexity index is 658. The molecule has 29 heavy (non-hydrogen) atoms. The molecule has 0 atom stereocenters. The Balaban J connectivity index is 0.000000523. The fourth-order valence-corrected chi connectivity index (χ4v) is 1.74. The van der Waals surface area contributed by atoms with Crippen LogP contribution in [-0.2, 0) is 42.1 Å². The van der Waals surface area contributed by atoms with Crippen LogP contribution in [0.25, 0.3) is 0 Å².